The van der Waals surface area contributed by atoms with Crippen molar-refractivity contribution in [2.75, 3.05) is 30.1 Å². The molecule has 0 N–H and O–H groups in total. The number of ether oxygens (including phenoxy) is 1. The van der Waals surface area contributed by atoms with Crippen molar-refractivity contribution in [3.05, 3.63) is 71.4 Å². The lowest BCUT2D eigenvalue weighted by atomic mass is 10.0. The summed E-state index contributed by atoms with van der Waals surface area (Å²) in [6.45, 7) is 2.45. The summed E-state index contributed by atoms with van der Waals surface area (Å²) in [6.07, 6.45) is 1.28. The number of methoxy groups -OCH3 is 1. The highest BCUT2D eigenvalue weighted by Gasteiger charge is 2.34. The fourth-order valence-electron chi connectivity index (χ4n) is 5.33. The van der Waals surface area contributed by atoms with Crippen LogP contribution in [0.1, 0.15) is 34.1 Å². The van der Waals surface area contributed by atoms with Crippen molar-refractivity contribution >= 4 is 32.5 Å². The number of carbonyl (C=O) groups is 1. The quantitative estimate of drug-likeness (QED) is 0.419. The zero-order chi connectivity index (χ0) is 25.0. The predicted octanol–water partition coefficient (Wildman–Crippen LogP) is 3.98. The topological polar surface area (TPSA) is 94.4 Å². The van der Waals surface area contributed by atoms with Crippen LogP contribution in [0.2, 0.25) is 0 Å². The van der Waals surface area contributed by atoms with Gasteiger partial charge in [-0.3, -0.25) is 4.79 Å². The molecule has 0 bridgehead atoms. The number of benzene rings is 2. The maximum Gasteiger partial charge on any atom is 0.259 e. The molecular formula is C27H26N4O4S. The smallest absolute Gasteiger partial charge is 0.259 e. The van der Waals surface area contributed by atoms with E-state index >= 15 is 0 Å². The van der Waals surface area contributed by atoms with Crippen molar-refractivity contribution in [2.45, 2.75) is 25.8 Å². The molecule has 2 aliphatic rings. The minimum absolute atomic E-state index is 0.0249. The summed E-state index contributed by atoms with van der Waals surface area (Å²) in [5.41, 5.74) is 5.19. The van der Waals surface area contributed by atoms with E-state index in [1.54, 1.807) is 11.8 Å². The molecule has 184 valence electrons. The van der Waals surface area contributed by atoms with Gasteiger partial charge in [0.05, 0.1) is 47.0 Å². The van der Waals surface area contributed by atoms with Crippen molar-refractivity contribution < 1.29 is 17.9 Å². The Morgan fingerprint density at radius 2 is 1.94 bits per heavy atom. The number of pyridine rings is 1. The maximum absolute atomic E-state index is 14.1. The van der Waals surface area contributed by atoms with Gasteiger partial charge in [-0.05, 0) is 49.6 Å². The first-order valence-electron chi connectivity index (χ1n) is 12.0. The second-order valence-electron chi connectivity index (χ2n) is 9.41. The van der Waals surface area contributed by atoms with Crippen LogP contribution >= 0.6 is 0 Å². The Balaban J connectivity index is 1.56. The molecule has 0 radical (unpaired) electrons. The summed E-state index contributed by atoms with van der Waals surface area (Å²) in [6, 6.07) is 17.0. The van der Waals surface area contributed by atoms with Gasteiger partial charge in [0, 0.05) is 17.8 Å². The second kappa shape index (κ2) is 8.44. The summed E-state index contributed by atoms with van der Waals surface area (Å²) in [5.74, 6) is 0.724. The van der Waals surface area contributed by atoms with Gasteiger partial charge in [0.2, 0.25) is 0 Å². The van der Waals surface area contributed by atoms with Gasteiger partial charge in [-0.15, -0.1) is 0 Å². The van der Waals surface area contributed by atoms with Crippen LogP contribution in [0.4, 0.5) is 5.69 Å². The average molecular weight is 503 g/mol. The highest BCUT2D eigenvalue weighted by molar-refractivity contribution is 7.91. The zero-order valence-electron chi connectivity index (χ0n) is 20.1. The normalized spacial score (nSPS) is 18.5. The van der Waals surface area contributed by atoms with Crippen molar-refractivity contribution in [2.24, 2.45) is 0 Å². The van der Waals surface area contributed by atoms with Gasteiger partial charge in [-0.2, -0.15) is 5.10 Å². The van der Waals surface area contributed by atoms with Gasteiger partial charge < -0.3 is 9.64 Å². The minimum atomic E-state index is -3.13. The average Bonchev–Trinajstić information content (AvgIpc) is 3.57. The molecule has 0 saturated carbocycles. The minimum Gasteiger partial charge on any atom is -0.497 e. The number of hydrogen-bond acceptors (Lipinski definition) is 6. The molecule has 2 aromatic carbocycles. The molecule has 1 atom stereocenters. The lowest BCUT2D eigenvalue weighted by Crippen LogP contribution is -2.29. The van der Waals surface area contributed by atoms with Gasteiger partial charge >= 0.3 is 0 Å². The van der Waals surface area contributed by atoms with Crippen molar-refractivity contribution in [3.63, 3.8) is 0 Å². The van der Waals surface area contributed by atoms with E-state index in [1.165, 1.54) is 0 Å². The van der Waals surface area contributed by atoms with E-state index in [9.17, 15) is 13.2 Å². The summed E-state index contributed by atoms with van der Waals surface area (Å²) in [5, 5.41) is 5.38. The fourth-order valence-corrected chi connectivity index (χ4v) is 7.02. The standard InChI is InChI=1S/C27H26N4O4S/c1-17-25-22(27(32)30-12-10-18-6-3-4-9-24(18)30)15-23(19-7-5-8-21(14-19)35-2)28-26(25)31(29-17)20-11-13-36(33,34)16-20/h3-9,14-15,20H,10-13,16H2,1-2H3. The molecule has 1 amide bonds. The van der Waals surface area contributed by atoms with Crippen molar-refractivity contribution in [1.29, 1.82) is 0 Å². The zero-order valence-corrected chi connectivity index (χ0v) is 21.0. The Morgan fingerprint density at radius 3 is 2.72 bits per heavy atom. The molecule has 0 aliphatic carbocycles. The Morgan fingerprint density at radius 1 is 1.11 bits per heavy atom. The number of nitrogens with zero attached hydrogens (tertiary/aromatic N) is 4. The number of para-hydroxylation sites is 1. The first-order chi connectivity index (χ1) is 17.3. The SMILES string of the molecule is COc1cccc(-c2cc(C(=O)N3CCc4ccccc43)c3c(C)nn(C4CCS(=O)(=O)C4)c3n2)c1. The van der Waals surface area contributed by atoms with Crippen LogP contribution in [0, 0.1) is 6.92 Å². The molecule has 1 saturated heterocycles. The Labute approximate surface area is 209 Å². The van der Waals surface area contributed by atoms with E-state index in [-0.39, 0.29) is 23.5 Å². The van der Waals surface area contributed by atoms with E-state index in [0.29, 0.717) is 46.7 Å². The molecule has 4 heterocycles. The highest BCUT2D eigenvalue weighted by atomic mass is 32.2. The number of fused-ring (bicyclic) bond motifs is 2. The number of carbonyl (C=O) groups excluding carboxylic acids is 1. The molecule has 9 heteroatoms. The predicted molar refractivity (Wildman–Crippen MR) is 138 cm³/mol. The second-order valence-corrected chi connectivity index (χ2v) is 11.6. The lowest BCUT2D eigenvalue weighted by molar-refractivity contribution is 0.0991. The third-order valence-electron chi connectivity index (χ3n) is 7.12. The monoisotopic (exact) mass is 502 g/mol. The third kappa shape index (κ3) is 3.74. The first-order valence-corrected chi connectivity index (χ1v) is 13.8. The molecule has 2 aromatic heterocycles. The number of hydrogen-bond donors (Lipinski definition) is 0. The maximum atomic E-state index is 14.1. The van der Waals surface area contributed by atoms with Crippen molar-refractivity contribution in [3.8, 4) is 17.0 Å². The highest BCUT2D eigenvalue weighted by Crippen LogP contribution is 2.35. The van der Waals surface area contributed by atoms with E-state index < -0.39 is 9.84 Å². The van der Waals surface area contributed by atoms with E-state index in [2.05, 4.69) is 6.07 Å². The molecule has 2 aliphatic heterocycles. The molecule has 1 fully saturated rings. The third-order valence-corrected chi connectivity index (χ3v) is 8.87. The van der Waals surface area contributed by atoms with Gasteiger partial charge in [0.15, 0.2) is 15.5 Å². The molecule has 6 rings (SSSR count). The summed E-state index contributed by atoms with van der Waals surface area (Å²) in [7, 11) is -1.52. The molecule has 8 nitrogen and oxygen atoms in total. The van der Waals surface area contributed by atoms with Gasteiger partial charge in [0.1, 0.15) is 5.75 Å². The number of rotatable bonds is 4. The fraction of sp³-hybridized carbons (Fsp3) is 0.296. The van der Waals surface area contributed by atoms with Crippen LogP contribution in [0.25, 0.3) is 22.3 Å². The summed E-state index contributed by atoms with van der Waals surface area (Å²) >= 11 is 0. The molecule has 4 aromatic rings. The van der Waals surface area contributed by atoms with Crippen LogP contribution in [0.5, 0.6) is 5.75 Å². The van der Waals surface area contributed by atoms with Crippen LogP contribution in [0.3, 0.4) is 0 Å². The van der Waals surface area contributed by atoms with Gasteiger partial charge in [-0.1, -0.05) is 30.3 Å². The number of aromatic nitrogens is 3. The Kier molecular flexibility index (Phi) is 5.33. The lowest BCUT2D eigenvalue weighted by Gasteiger charge is -2.19. The summed E-state index contributed by atoms with van der Waals surface area (Å²) < 4.78 is 31.6. The Bertz CT molecular complexity index is 1630. The van der Waals surface area contributed by atoms with Crippen LogP contribution < -0.4 is 9.64 Å². The van der Waals surface area contributed by atoms with Gasteiger partial charge in [-0.25, -0.2) is 18.1 Å². The van der Waals surface area contributed by atoms with Crippen LogP contribution in [-0.2, 0) is 16.3 Å². The largest absolute Gasteiger partial charge is 0.497 e. The van der Waals surface area contributed by atoms with E-state index in [0.717, 1.165) is 23.2 Å². The van der Waals surface area contributed by atoms with Gasteiger partial charge in [0.25, 0.3) is 5.91 Å². The number of anilines is 1. The van der Waals surface area contributed by atoms with Crippen LogP contribution in [-0.4, -0.2) is 54.2 Å². The number of aryl methyl sites for hydroxylation is 1. The molecule has 0 spiro atoms. The Hall–Kier alpha value is -3.72. The van der Waals surface area contributed by atoms with E-state index in [1.807, 2.05) is 60.4 Å². The van der Waals surface area contributed by atoms with E-state index in [4.69, 9.17) is 14.8 Å². The summed E-state index contributed by atoms with van der Waals surface area (Å²) in [4.78, 5) is 20.8. The molecule has 36 heavy (non-hydrogen) atoms. The first kappa shape index (κ1) is 22.7. The number of amides is 1. The van der Waals surface area contributed by atoms with Crippen LogP contribution in [0.15, 0.2) is 54.6 Å². The number of sulfone groups is 1. The molecular weight excluding hydrogens is 476 g/mol. The molecule has 1 unspecified atom stereocenters. The van der Waals surface area contributed by atoms with Crippen molar-refractivity contribution in [1.82, 2.24) is 14.8 Å².